The molecule has 0 N–H and O–H groups in total. The van der Waals surface area contributed by atoms with Gasteiger partial charge in [-0.25, -0.2) is 0 Å². The third-order valence-electron chi connectivity index (χ3n) is 1.35. The zero-order valence-electron chi connectivity index (χ0n) is 5.87. The largest absolute Gasteiger partial charge is 0.288 e. The van der Waals surface area contributed by atoms with Crippen molar-refractivity contribution in [2.45, 2.75) is 0 Å². The average Bonchev–Trinajstić information content (AvgIpc) is 2.08. The van der Waals surface area contributed by atoms with Gasteiger partial charge in [-0.3, -0.25) is 9.59 Å². The Kier molecular flexibility index (Phi) is 1.85. The Morgan fingerprint density at radius 3 is 1.50 bits per heavy atom. The second-order valence-electron chi connectivity index (χ2n) is 2.04. The van der Waals surface area contributed by atoms with E-state index >= 15 is 0 Å². The van der Waals surface area contributed by atoms with Gasteiger partial charge in [0.1, 0.15) is 23.3 Å². The maximum Gasteiger partial charge on any atom is 0.197 e. The third-order valence-corrected chi connectivity index (χ3v) is 1.35. The summed E-state index contributed by atoms with van der Waals surface area (Å²) in [6.45, 7) is 0. The fourth-order valence-electron chi connectivity index (χ4n) is 0.786. The summed E-state index contributed by atoms with van der Waals surface area (Å²) in [5, 5.41) is 16.8. The van der Waals surface area contributed by atoms with Crippen LogP contribution in [-0.4, -0.2) is 11.6 Å². The van der Waals surface area contributed by atoms with Crippen LogP contribution in [0.3, 0.4) is 0 Å². The highest BCUT2D eigenvalue weighted by Gasteiger charge is 2.21. The Balaban J connectivity index is 3.35. The maximum atomic E-state index is 10.9. The molecule has 0 atom stereocenters. The number of hydrogen-bond donors (Lipinski definition) is 0. The van der Waals surface area contributed by atoms with E-state index in [9.17, 15) is 9.59 Å². The Morgan fingerprint density at radius 2 is 1.25 bits per heavy atom. The van der Waals surface area contributed by atoms with E-state index in [-0.39, 0.29) is 11.1 Å². The lowest BCUT2D eigenvalue weighted by Crippen LogP contribution is -2.12. The summed E-state index contributed by atoms with van der Waals surface area (Å²) in [5.41, 5.74) is -0.741. The fraction of sp³-hybridized carbons (Fsp3) is 0. The summed E-state index contributed by atoms with van der Waals surface area (Å²) in [6, 6.07) is 3.04. The van der Waals surface area contributed by atoms with Crippen LogP contribution in [0.4, 0.5) is 0 Å². The van der Waals surface area contributed by atoms with Crippen LogP contribution in [0.25, 0.3) is 0 Å². The number of nitrogens with zero attached hydrogens (tertiary/aromatic N) is 2. The molecule has 4 heteroatoms. The average molecular weight is 158 g/mol. The van der Waals surface area contributed by atoms with Crippen molar-refractivity contribution in [2.24, 2.45) is 0 Å². The molecule has 0 spiro atoms. The van der Waals surface area contributed by atoms with E-state index in [4.69, 9.17) is 10.5 Å². The molecule has 0 aliphatic heterocycles. The van der Waals surface area contributed by atoms with E-state index in [1.807, 2.05) is 0 Å². The lowest BCUT2D eigenvalue weighted by atomic mass is 9.97. The molecular weight excluding hydrogens is 156 g/mol. The van der Waals surface area contributed by atoms with Gasteiger partial charge in [0.05, 0.1) is 0 Å². The zero-order chi connectivity index (χ0) is 9.14. The van der Waals surface area contributed by atoms with Gasteiger partial charge in [-0.1, -0.05) is 0 Å². The molecule has 0 radical (unpaired) electrons. The first-order valence-electron chi connectivity index (χ1n) is 3.02. The summed E-state index contributed by atoms with van der Waals surface area (Å²) in [4.78, 5) is 21.7. The zero-order valence-corrected chi connectivity index (χ0v) is 5.87. The number of allylic oxidation sites excluding steroid dienone is 4. The topological polar surface area (TPSA) is 81.7 Å². The highest BCUT2D eigenvalue weighted by molar-refractivity contribution is 6.23. The van der Waals surface area contributed by atoms with Crippen LogP contribution in [0.15, 0.2) is 23.3 Å². The Bertz CT molecular complexity index is 364. The number of ketones is 2. The van der Waals surface area contributed by atoms with Gasteiger partial charge >= 0.3 is 0 Å². The van der Waals surface area contributed by atoms with E-state index in [0.717, 1.165) is 12.2 Å². The lowest BCUT2D eigenvalue weighted by molar-refractivity contribution is -0.114. The first-order valence-corrected chi connectivity index (χ1v) is 3.02. The van der Waals surface area contributed by atoms with Crippen LogP contribution >= 0.6 is 0 Å². The molecule has 0 saturated carbocycles. The minimum absolute atomic E-state index is 0.370. The predicted molar refractivity (Wildman–Crippen MR) is 37.4 cm³/mol. The van der Waals surface area contributed by atoms with Crippen molar-refractivity contribution >= 4 is 11.6 Å². The molecule has 12 heavy (non-hydrogen) atoms. The van der Waals surface area contributed by atoms with Crippen LogP contribution in [0.2, 0.25) is 0 Å². The first kappa shape index (κ1) is 7.90. The van der Waals surface area contributed by atoms with Crippen molar-refractivity contribution in [1.82, 2.24) is 0 Å². The van der Waals surface area contributed by atoms with E-state index < -0.39 is 11.6 Å². The van der Waals surface area contributed by atoms with E-state index in [2.05, 4.69) is 0 Å². The molecule has 0 aromatic rings. The quantitative estimate of drug-likeness (QED) is 0.466. The Morgan fingerprint density at radius 1 is 0.917 bits per heavy atom. The van der Waals surface area contributed by atoms with Crippen LogP contribution in [-0.2, 0) is 9.59 Å². The van der Waals surface area contributed by atoms with Gasteiger partial charge in [-0.05, 0) is 12.2 Å². The van der Waals surface area contributed by atoms with Gasteiger partial charge < -0.3 is 0 Å². The monoisotopic (exact) mass is 158 g/mol. The maximum absolute atomic E-state index is 10.9. The highest BCUT2D eigenvalue weighted by Crippen LogP contribution is 2.11. The molecule has 4 nitrogen and oxygen atoms in total. The molecule has 0 bridgehead atoms. The fourth-order valence-corrected chi connectivity index (χ4v) is 0.786. The van der Waals surface area contributed by atoms with Gasteiger partial charge in [0, 0.05) is 0 Å². The van der Waals surface area contributed by atoms with Gasteiger partial charge in [-0.15, -0.1) is 0 Å². The van der Waals surface area contributed by atoms with Gasteiger partial charge in [0.2, 0.25) is 0 Å². The molecule has 1 rings (SSSR count). The molecule has 0 fully saturated rings. The summed E-state index contributed by atoms with van der Waals surface area (Å²) < 4.78 is 0. The second-order valence-corrected chi connectivity index (χ2v) is 2.04. The number of nitriles is 2. The molecule has 56 valence electrons. The molecule has 0 unspecified atom stereocenters. The van der Waals surface area contributed by atoms with Crippen LogP contribution in [0.1, 0.15) is 0 Å². The van der Waals surface area contributed by atoms with Crippen molar-refractivity contribution in [3.05, 3.63) is 23.3 Å². The molecule has 0 aromatic heterocycles. The standard InChI is InChI=1S/C8H2N2O2/c9-3-5-6(4-10)8(12)2-1-7(5)11/h1-2H. The lowest BCUT2D eigenvalue weighted by Gasteiger charge is -2.00. The van der Waals surface area contributed by atoms with Gasteiger partial charge in [0.25, 0.3) is 0 Å². The Labute approximate surface area is 68.0 Å². The second kappa shape index (κ2) is 2.81. The molecule has 0 heterocycles. The molecule has 0 aromatic carbocycles. The van der Waals surface area contributed by atoms with E-state index in [1.54, 1.807) is 0 Å². The smallest absolute Gasteiger partial charge is 0.197 e. The third kappa shape index (κ3) is 1.02. The minimum atomic E-state index is -0.589. The summed E-state index contributed by atoms with van der Waals surface area (Å²) >= 11 is 0. The van der Waals surface area contributed by atoms with E-state index in [0.29, 0.717) is 0 Å². The number of carbonyl (C=O) groups excluding carboxylic acids is 2. The highest BCUT2D eigenvalue weighted by atomic mass is 16.1. The van der Waals surface area contributed by atoms with Crippen LogP contribution in [0, 0.1) is 22.7 Å². The normalized spacial score (nSPS) is 15.8. The Hall–Kier alpha value is -2.20. The number of hydrogen-bond acceptors (Lipinski definition) is 4. The van der Waals surface area contributed by atoms with Crippen LogP contribution < -0.4 is 0 Å². The van der Waals surface area contributed by atoms with Crippen molar-refractivity contribution in [1.29, 1.82) is 10.5 Å². The molecule has 0 saturated heterocycles. The van der Waals surface area contributed by atoms with Crippen molar-refractivity contribution in [2.75, 3.05) is 0 Å². The van der Waals surface area contributed by atoms with Crippen LogP contribution in [0.5, 0.6) is 0 Å². The van der Waals surface area contributed by atoms with E-state index in [1.165, 1.54) is 12.1 Å². The minimum Gasteiger partial charge on any atom is -0.288 e. The number of carbonyl (C=O) groups is 2. The summed E-state index contributed by atoms with van der Waals surface area (Å²) in [7, 11) is 0. The molecular formula is C8H2N2O2. The van der Waals surface area contributed by atoms with Gasteiger partial charge in [-0.2, -0.15) is 10.5 Å². The number of rotatable bonds is 0. The molecule has 1 aliphatic rings. The summed E-state index contributed by atoms with van der Waals surface area (Å²) in [6.07, 6.45) is 1.98. The first-order chi connectivity index (χ1) is 5.70. The molecule has 1 aliphatic carbocycles. The summed E-state index contributed by atoms with van der Waals surface area (Å²) in [5.74, 6) is -1.18. The van der Waals surface area contributed by atoms with Gasteiger partial charge in [0.15, 0.2) is 11.6 Å². The van der Waals surface area contributed by atoms with Crippen molar-refractivity contribution in [3.8, 4) is 12.1 Å². The van der Waals surface area contributed by atoms with Crippen molar-refractivity contribution in [3.63, 3.8) is 0 Å². The van der Waals surface area contributed by atoms with Crippen molar-refractivity contribution < 1.29 is 9.59 Å². The molecule has 0 amide bonds. The predicted octanol–water partition coefficient (Wildman–Crippen LogP) is 0.0382. The SMILES string of the molecule is N#CC1=C(C#N)C(=O)C=CC1=O.